The Labute approximate surface area is 202 Å². The van der Waals surface area contributed by atoms with Crippen LogP contribution in [0.1, 0.15) is 25.0 Å². The molecule has 4 rings (SSSR count). The molecule has 3 N–H and O–H groups in total. The highest BCUT2D eigenvalue weighted by Gasteiger charge is 2.40. The summed E-state index contributed by atoms with van der Waals surface area (Å²) in [5.41, 5.74) is 1.33. The molecule has 34 heavy (non-hydrogen) atoms. The molecule has 0 bridgehead atoms. The highest BCUT2D eigenvalue weighted by atomic mass is 35.5. The maximum absolute atomic E-state index is 13.1. The van der Waals surface area contributed by atoms with Crippen molar-refractivity contribution in [2.24, 2.45) is 0 Å². The summed E-state index contributed by atoms with van der Waals surface area (Å²) in [5, 5.41) is 16.6. The lowest BCUT2D eigenvalue weighted by atomic mass is 9.95. The summed E-state index contributed by atoms with van der Waals surface area (Å²) in [6.45, 7) is 0.765. The van der Waals surface area contributed by atoms with Gasteiger partial charge in [0.15, 0.2) is 0 Å². The molecule has 2 saturated heterocycles. The number of aromatic nitrogens is 2. The number of carbonyl (C=O) groups excluding carboxylic acids is 2. The Kier molecular flexibility index (Phi) is 8.28. The van der Waals surface area contributed by atoms with Crippen molar-refractivity contribution >= 4 is 29.2 Å². The van der Waals surface area contributed by atoms with E-state index in [2.05, 4.69) is 20.6 Å². The van der Waals surface area contributed by atoms with Crippen molar-refractivity contribution in [2.75, 3.05) is 25.1 Å². The van der Waals surface area contributed by atoms with E-state index in [1.54, 1.807) is 41.4 Å². The molecule has 3 heterocycles. The maximum atomic E-state index is 13.1. The zero-order valence-corrected chi connectivity index (χ0v) is 19.4. The Bertz CT molecular complexity index is 964. The number of β-amino-alcohol motifs (C(OH)–C–C–N with tert-alkyl or cyclic N) is 1. The van der Waals surface area contributed by atoms with Gasteiger partial charge in [-0.3, -0.25) is 4.79 Å². The summed E-state index contributed by atoms with van der Waals surface area (Å²) in [7, 11) is 0. The summed E-state index contributed by atoms with van der Waals surface area (Å²) in [5.74, 6) is -0.137. The minimum absolute atomic E-state index is 0.0986. The molecule has 11 heteroatoms. The van der Waals surface area contributed by atoms with E-state index in [1.807, 2.05) is 0 Å². The van der Waals surface area contributed by atoms with Gasteiger partial charge in [-0.1, -0.05) is 11.6 Å². The molecule has 0 saturated carbocycles. The van der Waals surface area contributed by atoms with Gasteiger partial charge in [0.25, 0.3) is 0 Å². The smallest absolute Gasteiger partial charge is 0.322 e. The van der Waals surface area contributed by atoms with Crippen molar-refractivity contribution in [1.29, 1.82) is 0 Å². The van der Waals surface area contributed by atoms with Gasteiger partial charge in [-0.05, 0) is 43.2 Å². The molecular weight excluding hydrogens is 462 g/mol. The minimum Gasteiger partial charge on any atom is -0.389 e. The van der Waals surface area contributed by atoms with Crippen LogP contribution in [0.3, 0.4) is 0 Å². The fourth-order valence-corrected chi connectivity index (χ4v) is 4.32. The molecule has 0 radical (unpaired) electrons. The largest absolute Gasteiger partial charge is 0.389 e. The molecule has 3 amide bonds. The molecule has 1 aromatic heterocycles. The van der Waals surface area contributed by atoms with Crippen molar-refractivity contribution < 1.29 is 24.2 Å². The molecule has 2 aliphatic rings. The number of halogens is 1. The van der Waals surface area contributed by atoms with E-state index in [-0.39, 0.29) is 50.3 Å². The number of hydrogen-bond acceptors (Lipinski definition) is 7. The molecule has 2 fully saturated rings. The number of hydrogen-bond donors (Lipinski definition) is 3. The summed E-state index contributed by atoms with van der Waals surface area (Å²) >= 11 is 5.93. The van der Waals surface area contributed by atoms with Crippen LogP contribution < -0.4 is 10.6 Å². The summed E-state index contributed by atoms with van der Waals surface area (Å²) in [4.78, 5) is 35.1. The second-order valence-corrected chi connectivity index (χ2v) is 8.84. The third kappa shape index (κ3) is 6.63. The van der Waals surface area contributed by atoms with Crippen LogP contribution in [0.5, 0.6) is 0 Å². The first-order valence-electron chi connectivity index (χ1n) is 11.2. The van der Waals surface area contributed by atoms with Gasteiger partial charge in [0.1, 0.15) is 12.4 Å². The van der Waals surface area contributed by atoms with Gasteiger partial charge in [0.2, 0.25) is 5.91 Å². The number of fused-ring (bicyclic) bond motifs is 1. The van der Waals surface area contributed by atoms with Gasteiger partial charge in [0.05, 0.1) is 56.7 Å². The predicted octanol–water partition coefficient (Wildman–Crippen LogP) is 1.98. The van der Waals surface area contributed by atoms with Gasteiger partial charge in [0, 0.05) is 16.9 Å². The lowest BCUT2D eigenvalue weighted by Gasteiger charge is -2.44. The van der Waals surface area contributed by atoms with Crippen LogP contribution in [-0.2, 0) is 20.8 Å². The normalized spacial score (nSPS) is 24.9. The fourth-order valence-electron chi connectivity index (χ4n) is 4.19. The molecule has 0 unspecified atom stereocenters. The Hall–Kier alpha value is -2.79. The number of urea groups is 1. The standard InChI is InChI=1S/C23H28ClN5O5/c24-15-1-3-16(4-2-15)28-23(32)29-11-18(30)12-33-13-21-20(29)6-5-19(34-21)9-22(31)26-10-17-7-8-25-14-27-17/h1-4,7-8,14,18-21,30H,5-6,9-13H2,(H,26,31)(H,28,32)/t18-,19+,20+,21-/m1/s1. The number of aliphatic hydroxyl groups excluding tert-OH is 1. The zero-order valence-electron chi connectivity index (χ0n) is 18.6. The molecule has 4 atom stereocenters. The first-order valence-corrected chi connectivity index (χ1v) is 11.6. The Morgan fingerprint density at radius 3 is 2.76 bits per heavy atom. The first kappa shape index (κ1) is 24.3. The maximum Gasteiger partial charge on any atom is 0.322 e. The van der Waals surface area contributed by atoms with Crippen LogP contribution in [0.25, 0.3) is 0 Å². The predicted molar refractivity (Wildman–Crippen MR) is 124 cm³/mol. The SMILES string of the molecule is O=C(C[C@@H]1CC[C@H]2[C@@H](COC[C@H](O)CN2C(=O)Nc2ccc(Cl)cc2)O1)NCc1ccncn1. The van der Waals surface area contributed by atoms with E-state index in [0.29, 0.717) is 30.1 Å². The van der Waals surface area contributed by atoms with E-state index in [0.717, 1.165) is 5.69 Å². The van der Waals surface area contributed by atoms with Crippen molar-refractivity contribution in [3.8, 4) is 0 Å². The van der Waals surface area contributed by atoms with Crippen molar-refractivity contribution in [3.05, 3.63) is 53.6 Å². The minimum atomic E-state index is -0.804. The first-order chi connectivity index (χ1) is 16.5. The van der Waals surface area contributed by atoms with E-state index in [1.165, 1.54) is 6.33 Å². The van der Waals surface area contributed by atoms with Crippen LogP contribution in [-0.4, -0.2) is 76.0 Å². The molecular formula is C23H28ClN5O5. The number of carbonyl (C=O) groups is 2. The van der Waals surface area contributed by atoms with Gasteiger partial charge >= 0.3 is 6.03 Å². The summed E-state index contributed by atoms with van der Waals surface area (Å²) < 4.78 is 11.8. The van der Waals surface area contributed by atoms with Gasteiger partial charge in [-0.2, -0.15) is 0 Å². The molecule has 0 spiro atoms. The number of nitrogens with one attached hydrogen (secondary N) is 2. The third-order valence-electron chi connectivity index (χ3n) is 5.86. The van der Waals surface area contributed by atoms with Gasteiger partial charge < -0.3 is 30.1 Å². The monoisotopic (exact) mass is 489 g/mol. The number of aliphatic hydroxyl groups is 1. The van der Waals surface area contributed by atoms with E-state index >= 15 is 0 Å². The van der Waals surface area contributed by atoms with E-state index in [4.69, 9.17) is 21.1 Å². The van der Waals surface area contributed by atoms with Crippen molar-refractivity contribution in [2.45, 2.75) is 50.2 Å². The van der Waals surface area contributed by atoms with Crippen LogP contribution in [0.4, 0.5) is 10.5 Å². The third-order valence-corrected chi connectivity index (χ3v) is 6.11. The molecule has 1 aromatic carbocycles. The second kappa shape index (κ2) is 11.6. The topological polar surface area (TPSA) is 126 Å². The van der Waals surface area contributed by atoms with E-state index < -0.39 is 12.2 Å². The zero-order chi connectivity index (χ0) is 23.9. The van der Waals surface area contributed by atoms with Crippen LogP contribution in [0.15, 0.2) is 42.9 Å². The van der Waals surface area contributed by atoms with Crippen LogP contribution >= 0.6 is 11.6 Å². The number of rotatable bonds is 5. The fraction of sp³-hybridized carbons (Fsp3) is 0.478. The highest BCUT2D eigenvalue weighted by molar-refractivity contribution is 6.30. The number of anilines is 1. The van der Waals surface area contributed by atoms with Crippen molar-refractivity contribution in [1.82, 2.24) is 20.2 Å². The van der Waals surface area contributed by atoms with Gasteiger partial charge in [-0.15, -0.1) is 0 Å². The Morgan fingerprint density at radius 2 is 2.00 bits per heavy atom. The lowest BCUT2D eigenvalue weighted by molar-refractivity contribution is -0.149. The average Bonchev–Trinajstić information content (AvgIpc) is 2.82. The lowest BCUT2D eigenvalue weighted by Crippen LogP contribution is -2.58. The Morgan fingerprint density at radius 1 is 1.18 bits per heavy atom. The van der Waals surface area contributed by atoms with E-state index in [9.17, 15) is 14.7 Å². The van der Waals surface area contributed by atoms with Gasteiger partial charge in [-0.25, -0.2) is 14.8 Å². The van der Waals surface area contributed by atoms with Crippen LogP contribution in [0.2, 0.25) is 5.02 Å². The number of ether oxygens (including phenoxy) is 2. The quantitative estimate of drug-likeness (QED) is 0.586. The highest BCUT2D eigenvalue weighted by Crippen LogP contribution is 2.28. The number of amides is 3. The molecule has 2 aromatic rings. The molecule has 10 nitrogen and oxygen atoms in total. The summed E-state index contributed by atoms with van der Waals surface area (Å²) in [6, 6.07) is 7.95. The summed E-state index contributed by atoms with van der Waals surface area (Å²) in [6.07, 6.45) is 2.99. The molecule has 182 valence electrons. The second-order valence-electron chi connectivity index (χ2n) is 8.40. The number of nitrogens with zero attached hydrogens (tertiary/aromatic N) is 3. The number of benzene rings is 1. The van der Waals surface area contributed by atoms with Crippen molar-refractivity contribution in [3.63, 3.8) is 0 Å². The Balaban J connectivity index is 1.36. The van der Waals surface area contributed by atoms with Crippen LogP contribution in [0, 0.1) is 0 Å². The average molecular weight is 490 g/mol. The molecule has 2 aliphatic heterocycles. The molecule has 0 aliphatic carbocycles.